The molecule has 0 saturated carbocycles. The van der Waals surface area contributed by atoms with Crippen LogP contribution in [0.15, 0.2) is 48.5 Å². The number of ether oxygens (including phenoxy) is 1. The van der Waals surface area contributed by atoms with Crippen LogP contribution in [0.2, 0.25) is 0 Å². The van der Waals surface area contributed by atoms with E-state index in [0.717, 1.165) is 54.7 Å². The van der Waals surface area contributed by atoms with Gasteiger partial charge in [0.15, 0.2) is 5.72 Å². The van der Waals surface area contributed by atoms with Crippen LogP contribution in [0.5, 0.6) is 0 Å². The van der Waals surface area contributed by atoms with Crippen molar-refractivity contribution in [2.75, 3.05) is 0 Å². The Morgan fingerprint density at radius 1 is 1.06 bits per heavy atom. The number of carbonyl (C=O) groups excluding carboxylic acids is 1. The number of carbonyl (C=O) groups is 1. The number of rotatable bonds is 1. The molecule has 33 heavy (non-hydrogen) atoms. The van der Waals surface area contributed by atoms with E-state index in [4.69, 9.17) is 4.74 Å². The molecule has 1 amide bonds. The normalized spacial score (nSPS) is 27.8. The Morgan fingerprint density at radius 3 is 2.52 bits per heavy atom. The average Bonchev–Trinajstić information content (AvgIpc) is 3.51. The molecule has 5 heterocycles. The van der Waals surface area contributed by atoms with Gasteiger partial charge >= 0.3 is 0 Å². The fraction of sp³-hybridized carbons (Fsp3) is 0.296. The second-order valence-corrected chi connectivity index (χ2v) is 9.87. The first-order valence-electron chi connectivity index (χ1n) is 11.7. The number of amides is 1. The summed E-state index contributed by atoms with van der Waals surface area (Å²) in [4.78, 5) is 13.2. The summed E-state index contributed by atoms with van der Waals surface area (Å²) >= 11 is 0. The summed E-state index contributed by atoms with van der Waals surface area (Å²) in [7, 11) is 0. The van der Waals surface area contributed by atoms with Crippen LogP contribution in [0, 0.1) is 0 Å². The zero-order valence-electron chi connectivity index (χ0n) is 18.5. The van der Waals surface area contributed by atoms with Crippen LogP contribution in [0.3, 0.4) is 0 Å². The Balaban J connectivity index is 1.78. The lowest BCUT2D eigenvalue weighted by Crippen LogP contribution is -2.50. The van der Waals surface area contributed by atoms with Crippen molar-refractivity contribution in [2.45, 2.75) is 50.8 Å². The molecule has 164 valence electrons. The molecule has 2 bridgehead atoms. The first kappa shape index (κ1) is 18.1. The Morgan fingerprint density at radius 2 is 1.76 bits per heavy atom. The van der Waals surface area contributed by atoms with Gasteiger partial charge in [0.2, 0.25) is 0 Å². The standard InChI is InChI=1S/C27H23N3O3/c1-3-27(32)12-19-29-17-10-6-4-8-14(17)21-22-16(13-28-25(22)31)20-15-9-5-7-11-18(15)30(24(20)23(21)29)26(27,2)33-19/h4-11,19,32H,3,12-13H2,1-2H3,(H,28,31)/t19?,26-,27-/m0/s1. The molecule has 5 aromatic rings. The third-order valence-electron chi connectivity index (χ3n) is 8.56. The largest absolute Gasteiger partial charge is 0.385 e. The summed E-state index contributed by atoms with van der Waals surface area (Å²) in [6.45, 7) is 4.57. The molecule has 3 aliphatic rings. The molecule has 2 aromatic heterocycles. The molecule has 6 nitrogen and oxygen atoms in total. The lowest BCUT2D eigenvalue weighted by atomic mass is 9.86. The molecule has 6 heteroatoms. The predicted octanol–water partition coefficient (Wildman–Crippen LogP) is 4.89. The van der Waals surface area contributed by atoms with Crippen LogP contribution >= 0.6 is 0 Å². The molecule has 1 fully saturated rings. The van der Waals surface area contributed by atoms with Crippen molar-refractivity contribution in [3.05, 3.63) is 59.7 Å². The van der Waals surface area contributed by atoms with E-state index >= 15 is 0 Å². The minimum atomic E-state index is -1.03. The van der Waals surface area contributed by atoms with E-state index < -0.39 is 11.3 Å². The Labute approximate surface area is 189 Å². The number of aliphatic hydroxyl groups is 1. The van der Waals surface area contributed by atoms with Gasteiger partial charge in [-0.05, 0) is 31.0 Å². The number of aromatic nitrogens is 2. The Kier molecular flexibility index (Phi) is 2.97. The number of hydrogen-bond acceptors (Lipinski definition) is 3. The van der Waals surface area contributed by atoms with Gasteiger partial charge in [-0.1, -0.05) is 43.3 Å². The van der Waals surface area contributed by atoms with Gasteiger partial charge in [-0.2, -0.15) is 0 Å². The van der Waals surface area contributed by atoms with Crippen LogP contribution < -0.4 is 5.32 Å². The molecule has 8 rings (SSSR count). The molecule has 3 aliphatic heterocycles. The molecule has 1 unspecified atom stereocenters. The summed E-state index contributed by atoms with van der Waals surface area (Å²) in [5.41, 5.74) is 3.99. The SMILES string of the molecule is CC[C@]1(O)CC2O[C@]1(C)n1c3ccccc3c3c4c(c5c6ccccc6n2c5c31)C(=O)NC4. The molecule has 3 atom stereocenters. The fourth-order valence-corrected chi connectivity index (χ4v) is 6.99. The van der Waals surface area contributed by atoms with Gasteiger partial charge in [0, 0.05) is 34.5 Å². The van der Waals surface area contributed by atoms with Crippen LogP contribution in [-0.4, -0.2) is 25.7 Å². The molecule has 0 radical (unpaired) electrons. The summed E-state index contributed by atoms with van der Waals surface area (Å²) < 4.78 is 11.3. The van der Waals surface area contributed by atoms with Gasteiger partial charge in [0.25, 0.3) is 5.91 Å². The molecule has 0 aliphatic carbocycles. The highest BCUT2D eigenvalue weighted by Crippen LogP contribution is 2.58. The van der Waals surface area contributed by atoms with Gasteiger partial charge < -0.3 is 24.3 Å². The molecule has 1 saturated heterocycles. The third-order valence-corrected chi connectivity index (χ3v) is 8.56. The Hall–Kier alpha value is -3.35. The summed E-state index contributed by atoms with van der Waals surface area (Å²) in [6, 6.07) is 16.6. The van der Waals surface area contributed by atoms with E-state index in [9.17, 15) is 9.90 Å². The van der Waals surface area contributed by atoms with Crippen molar-refractivity contribution >= 4 is 49.5 Å². The number of hydrogen-bond donors (Lipinski definition) is 2. The minimum absolute atomic E-state index is 0.0155. The van der Waals surface area contributed by atoms with Crippen LogP contribution in [0.4, 0.5) is 0 Å². The van der Waals surface area contributed by atoms with Crippen molar-refractivity contribution in [3.63, 3.8) is 0 Å². The van der Waals surface area contributed by atoms with Gasteiger partial charge in [-0.3, -0.25) is 4.79 Å². The topological polar surface area (TPSA) is 68.4 Å². The second-order valence-electron chi connectivity index (χ2n) is 9.87. The molecule has 0 spiro atoms. The lowest BCUT2D eigenvalue weighted by molar-refractivity contribution is -0.178. The Bertz CT molecular complexity index is 1730. The maximum absolute atomic E-state index is 13.2. The third kappa shape index (κ3) is 1.76. The molecular formula is C27H23N3O3. The van der Waals surface area contributed by atoms with Gasteiger partial charge in [-0.15, -0.1) is 0 Å². The van der Waals surface area contributed by atoms with Gasteiger partial charge in [-0.25, -0.2) is 0 Å². The molecular weight excluding hydrogens is 414 g/mol. The van der Waals surface area contributed by atoms with Gasteiger partial charge in [0.05, 0.1) is 27.6 Å². The zero-order valence-corrected chi connectivity index (χ0v) is 18.5. The van der Waals surface area contributed by atoms with Crippen LogP contribution in [0.25, 0.3) is 43.6 Å². The summed E-state index contributed by atoms with van der Waals surface area (Å²) in [5, 5.41) is 19.3. The summed E-state index contributed by atoms with van der Waals surface area (Å²) in [6.07, 6.45) is 0.743. The van der Waals surface area contributed by atoms with E-state index in [1.807, 2.05) is 38.1 Å². The highest BCUT2D eigenvalue weighted by atomic mass is 16.6. The predicted molar refractivity (Wildman–Crippen MR) is 127 cm³/mol. The maximum atomic E-state index is 13.2. The van der Waals surface area contributed by atoms with E-state index in [1.165, 1.54) is 0 Å². The first-order chi connectivity index (χ1) is 16.0. The number of nitrogens with one attached hydrogen (secondary N) is 1. The van der Waals surface area contributed by atoms with E-state index in [-0.39, 0.29) is 12.1 Å². The molecule has 2 N–H and O–H groups in total. The van der Waals surface area contributed by atoms with Crippen LogP contribution in [0.1, 0.15) is 48.8 Å². The molecule has 3 aromatic carbocycles. The number of fused-ring (bicyclic) bond motifs is 13. The highest BCUT2D eigenvalue weighted by molar-refractivity contribution is 6.31. The maximum Gasteiger partial charge on any atom is 0.252 e. The quantitative estimate of drug-likeness (QED) is 0.392. The van der Waals surface area contributed by atoms with Crippen molar-refractivity contribution < 1.29 is 14.6 Å². The number of benzene rings is 3. The average molecular weight is 437 g/mol. The second kappa shape index (κ2) is 5.41. The van der Waals surface area contributed by atoms with Crippen molar-refractivity contribution in [3.8, 4) is 0 Å². The number of nitrogens with zero attached hydrogens (tertiary/aromatic N) is 2. The number of para-hydroxylation sites is 2. The first-order valence-corrected chi connectivity index (χ1v) is 11.7. The van der Waals surface area contributed by atoms with E-state index in [2.05, 4.69) is 38.7 Å². The van der Waals surface area contributed by atoms with Crippen molar-refractivity contribution in [1.29, 1.82) is 0 Å². The monoisotopic (exact) mass is 437 g/mol. The van der Waals surface area contributed by atoms with E-state index in [1.54, 1.807) is 0 Å². The zero-order chi connectivity index (χ0) is 22.3. The smallest absolute Gasteiger partial charge is 0.252 e. The van der Waals surface area contributed by atoms with Crippen LogP contribution in [-0.2, 0) is 17.0 Å². The highest BCUT2D eigenvalue weighted by Gasteiger charge is 2.59. The fourth-order valence-electron chi connectivity index (χ4n) is 6.99. The lowest BCUT2D eigenvalue weighted by Gasteiger charge is -2.39. The summed E-state index contributed by atoms with van der Waals surface area (Å²) in [5.74, 6) is -0.0155. The van der Waals surface area contributed by atoms with E-state index in [0.29, 0.717) is 19.4 Å². The van der Waals surface area contributed by atoms with Crippen molar-refractivity contribution in [2.24, 2.45) is 0 Å². The van der Waals surface area contributed by atoms with Gasteiger partial charge in [0.1, 0.15) is 11.8 Å². The van der Waals surface area contributed by atoms with Crippen molar-refractivity contribution in [1.82, 2.24) is 14.5 Å². The minimum Gasteiger partial charge on any atom is -0.385 e.